The number of hydrogen-bond acceptors (Lipinski definition) is 4. The van der Waals surface area contributed by atoms with Crippen molar-refractivity contribution in [3.05, 3.63) is 27.7 Å². The summed E-state index contributed by atoms with van der Waals surface area (Å²) in [7, 11) is 0. The number of unbranched alkanes of at least 4 members (excludes halogenated alkanes) is 2. The molecular weight excluding hydrogens is 280 g/mol. The number of aromatic nitrogens is 1. The van der Waals surface area contributed by atoms with Crippen LogP contribution in [0, 0.1) is 0 Å². The van der Waals surface area contributed by atoms with Crippen LogP contribution in [0.1, 0.15) is 56.8 Å². The molecule has 0 amide bonds. The number of aromatic hydroxyl groups is 1. The van der Waals surface area contributed by atoms with Gasteiger partial charge in [0.05, 0.1) is 12.3 Å². The third kappa shape index (κ3) is 4.11. The van der Waals surface area contributed by atoms with Crippen LogP contribution >= 0.6 is 0 Å². The highest BCUT2D eigenvalue weighted by atomic mass is 16.3. The van der Waals surface area contributed by atoms with Crippen molar-refractivity contribution in [1.29, 1.82) is 0 Å². The van der Waals surface area contributed by atoms with Gasteiger partial charge in [-0.15, -0.1) is 0 Å². The van der Waals surface area contributed by atoms with Gasteiger partial charge in [0.2, 0.25) is 5.43 Å². The van der Waals surface area contributed by atoms with Crippen molar-refractivity contribution in [2.75, 3.05) is 13.1 Å². The van der Waals surface area contributed by atoms with Crippen LogP contribution in [0.5, 0.6) is 5.75 Å². The first kappa shape index (κ1) is 17.0. The fourth-order valence-corrected chi connectivity index (χ4v) is 3.16. The Morgan fingerprint density at radius 1 is 1.18 bits per heavy atom. The minimum atomic E-state index is -0.386. The standard InChI is InChI=1S/C17H28N2O3/c1-2-3-5-10-19-14(13-20)11-16(21)17(22)15(19)12-18-8-6-4-7-9-18/h11,20,22H,2-10,12-13H2,1H3. The lowest BCUT2D eigenvalue weighted by Crippen LogP contribution is -2.32. The Balaban J connectivity index is 2.29. The highest BCUT2D eigenvalue weighted by Gasteiger charge is 2.18. The van der Waals surface area contributed by atoms with Gasteiger partial charge >= 0.3 is 0 Å². The van der Waals surface area contributed by atoms with Crippen LogP contribution in [0.3, 0.4) is 0 Å². The molecule has 1 fully saturated rings. The van der Waals surface area contributed by atoms with E-state index in [9.17, 15) is 15.0 Å². The van der Waals surface area contributed by atoms with Gasteiger partial charge in [-0.05, 0) is 32.4 Å². The fourth-order valence-electron chi connectivity index (χ4n) is 3.16. The molecule has 0 aliphatic carbocycles. The van der Waals surface area contributed by atoms with Gasteiger partial charge in [-0.25, -0.2) is 0 Å². The van der Waals surface area contributed by atoms with E-state index >= 15 is 0 Å². The van der Waals surface area contributed by atoms with Gasteiger partial charge in [-0.2, -0.15) is 0 Å². The van der Waals surface area contributed by atoms with Gasteiger partial charge in [0, 0.05) is 24.8 Å². The minimum absolute atomic E-state index is 0.153. The van der Waals surface area contributed by atoms with E-state index in [4.69, 9.17) is 0 Å². The van der Waals surface area contributed by atoms with Crippen molar-refractivity contribution >= 4 is 0 Å². The van der Waals surface area contributed by atoms with Crippen LogP contribution < -0.4 is 5.43 Å². The normalized spacial score (nSPS) is 16.1. The van der Waals surface area contributed by atoms with Gasteiger partial charge in [0.15, 0.2) is 5.75 Å². The fraction of sp³-hybridized carbons (Fsp3) is 0.706. The molecule has 2 heterocycles. The van der Waals surface area contributed by atoms with Crippen molar-refractivity contribution in [1.82, 2.24) is 9.47 Å². The lowest BCUT2D eigenvalue weighted by molar-refractivity contribution is 0.208. The molecule has 22 heavy (non-hydrogen) atoms. The zero-order valence-electron chi connectivity index (χ0n) is 13.6. The number of pyridine rings is 1. The number of aliphatic hydroxyl groups is 1. The van der Waals surface area contributed by atoms with Gasteiger partial charge in [-0.3, -0.25) is 9.69 Å². The Morgan fingerprint density at radius 3 is 2.55 bits per heavy atom. The molecule has 1 saturated heterocycles. The second-order valence-electron chi connectivity index (χ2n) is 6.15. The van der Waals surface area contributed by atoms with Crippen molar-refractivity contribution in [3.8, 4) is 5.75 Å². The highest BCUT2D eigenvalue weighted by molar-refractivity contribution is 5.30. The average molecular weight is 308 g/mol. The monoisotopic (exact) mass is 308 g/mol. The van der Waals surface area contributed by atoms with Crippen LogP contribution in [0.2, 0.25) is 0 Å². The second-order valence-corrected chi connectivity index (χ2v) is 6.15. The minimum Gasteiger partial charge on any atom is -0.503 e. The van der Waals surface area contributed by atoms with Crippen LogP contribution in [0.15, 0.2) is 10.9 Å². The molecule has 1 aliphatic heterocycles. The predicted molar refractivity (Wildman–Crippen MR) is 86.9 cm³/mol. The lowest BCUT2D eigenvalue weighted by Gasteiger charge is -2.28. The third-order valence-electron chi connectivity index (χ3n) is 4.45. The van der Waals surface area contributed by atoms with Crippen molar-refractivity contribution in [2.45, 2.75) is 65.1 Å². The molecule has 5 heteroatoms. The molecule has 2 rings (SSSR count). The molecule has 0 bridgehead atoms. The quantitative estimate of drug-likeness (QED) is 0.758. The molecule has 0 spiro atoms. The molecule has 0 atom stereocenters. The Bertz CT molecular complexity index is 533. The van der Waals surface area contributed by atoms with Gasteiger partial charge in [-0.1, -0.05) is 26.2 Å². The highest BCUT2D eigenvalue weighted by Crippen LogP contribution is 2.20. The first-order chi connectivity index (χ1) is 10.7. The molecule has 1 aromatic heterocycles. The van der Waals surface area contributed by atoms with E-state index in [0.717, 1.165) is 38.9 Å². The topological polar surface area (TPSA) is 65.7 Å². The van der Waals surface area contributed by atoms with Gasteiger partial charge in [0.25, 0.3) is 0 Å². The maximum atomic E-state index is 12.0. The van der Waals surface area contributed by atoms with E-state index in [1.165, 1.54) is 25.3 Å². The summed E-state index contributed by atoms with van der Waals surface area (Å²) >= 11 is 0. The molecule has 0 saturated carbocycles. The largest absolute Gasteiger partial charge is 0.503 e. The summed E-state index contributed by atoms with van der Waals surface area (Å²) in [6.45, 7) is 5.30. The number of likely N-dealkylation sites (tertiary alicyclic amines) is 1. The van der Waals surface area contributed by atoms with E-state index in [0.29, 0.717) is 17.9 Å². The lowest BCUT2D eigenvalue weighted by atomic mass is 10.1. The SMILES string of the molecule is CCCCCn1c(CO)cc(=O)c(O)c1CN1CCCCC1. The van der Waals surface area contributed by atoms with Crippen LogP contribution in [0.25, 0.3) is 0 Å². The number of nitrogens with zero attached hydrogens (tertiary/aromatic N) is 2. The summed E-state index contributed by atoms with van der Waals surface area (Å²) in [5, 5.41) is 19.8. The van der Waals surface area contributed by atoms with E-state index in [1.54, 1.807) is 0 Å². The van der Waals surface area contributed by atoms with Gasteiger partial charge < -0.3 is 14.8 Å². The molecule has 1 aliphatic rings. The smallest absolute Gasteiger partial charge is 0.223 e. The number of rotatable bonds is 7. The number of hydrogen-bond donors (Lipinski definition) is 2. The van der Waals surface area contributed by atoms with Crippen molar-refractivity contribution in [3.63, 3.8) is 0 Å². The summed E-state index contributed by atoms with van der Waals surface area (Å²) in [5.74, 6) is -0.153. The average Bonchev–Trinajstić information content (AvgIpc) is 2.54. The first-order valence-corrected chi connectivity index (χ1v) is 8.45. The van der Waals surface area contributed by atoms with E-state index < -0.39 is 0 Å². The number of piperidine rings is 1. The molecule has 124 valence electrons. The number of aliphatic hydroxyl groups excluding tert-OH is 1. The Kier molecular flexibility index (Phi) is 6.46. The Labute approximate surface area is 132 Å². The molecule has 5 nitrogen and oxygen atoms in total. The first-order valence-electron chi connectivity index (χ1n) is 8.45. The Morgan fingerprint density at radius 2 is 1.91 bits per heavy atom. The summed E-state index contributed by atoms with van der Waals surface area (Å²) in [6.07, 6.45) is 6.78. The Hall–Kier alpha value is -1.33. The molecule has 0 aromatic carbocycles. The maximum absolute atomic E-state index is 12.0. The van der Waals surface area contributed by atoms with Crippen molar-refractivity contribution < 1.29 is 10.2 Å². The van der Waals surface area contributed by atoms with E-state index in [1.807, 2.05) is 4.57 Å². The molecular formula is C17H28N2O3. The molecule has 0 unspecified atom stereocenters. The van der Waals surface area contributed by atoms with Crippen LogP contribution in [-0.2, 0) is 19.7 Å². The maximum Gasteiger partial charge on any atom is 0.223 e. The molecule has 0 radical (unpaired) electrons. The third-order valence-corrected chi connectivity index (χ3v) is 4.45. The van der Waals surface area contributed by atoms with E-state index in [-0.39, 0.29) is 17.8 Å². The summed E-state index contributed by atoms with van der Waals surface area (Å²) in [4.78, 5) is 14.2. The zero-order chi connectivity index (χ0) is 15.9. The zero-order valence-corrected chi connectivity index (χ0v) is 13.6. The van der Waals surface area contributed by atoms with Gasteiger partial charge in [0.1, 0.15) is 0 Å². The molecule has 1 aromatic rings. The summed E-state index contributed by atoms with van der Waals surface area (Å²) < 4.78 is 1.95. The molecule has 2 N–H and O–H groups in total. The van der Waals surface area contributed by atoms with Crippen molar-refractivity contribution in [2.24, 2.45) is 0 Å². The van der Waals surface area contributed by atoms with Crippen LogP contribution in [0.4, 0.5) is 0 Å². The second kappa shape index (κ2) is 8.34. The summed E-state index contributed by atoms with van der Waals surface area (Å²) in [5.41, 5.74) is 0.878. The summed E-state index contributed by atoms with van der Waals surface area (Å²) in [6, 6.07) is 1.36. The van der Waals surface area contributed by atoms with E-state index in [2.05, 4.69) is 11.8 Å². The predicted octanol–water partition coefficient (Wildman–Crippen LogP) is 2.22. The van der Waals surface area contributed by atoms with Crippen LogP contribution in [-0.4, -0.2) is 32.8 Å².